The van der Waals surface area contributed by atoms with E-state index in [9.17, 15) is 14.4 Å². The van der Waals surface area contributed by atoms with E-state index in [4.69, 9.17) is 4.74 Å². The molecule has 0 heterocycles. The molecule has 25 heavy (non-hydrogen) atoms. The van der Waals surface area contributed by atoms with E-state index in [2.05, 4.69) is 10.6 Å². The van der Waals surface area contributed by atoms with E-state index in [1.54, 1.807) is 6.92 Å². The van der Waals surface area contributed by atoms with Gasteiger partial charge in [-0.1, -0.05) is 30.3 Å². The lowest BCUT2D eigenvalue weighted by atomic mass is 10.1. The number of rotatable bonds is 10. The van der Waals surface area contributed by atoms with Gasteiger partial charge in [-0.25, -0.2) is 4.79 Å². The summed E-state index contributed by atoms with van der Waals surface area (Å²) in [7, 11) is 0. The first-order valence-corrected chi connectivity index (χ1v) is 8.67. The topological polar surface area (TPSA) is 84.5 Å². The minimum absolute atomic E-state index is 0.00624. The SMILES string of the molecule is CC(C)NC(=O)CCCCC(=O)NC(C)C(=O)OCc1ccccc1. The zero-order chi connectivity index (χ0) is 18.7. The standard InChI is InChI=1S/C19H28N2O4/c1-14(2)20-17(22)11-7-8-12-18(23)21-15(3)19(24)25-13-16-9-5-4-6-10-16/h4-6,9-10,14-15H,7-8,11-13H2,1-3H3,(H,20,22)(H,21,23). The average Bonchev–Trinajstić information content (AvgIpc) is 2.56. The highest BCUT2D eigenvalue weighted by Gasteiger charge is 2.17. The summed E-state index contributed by atoms with van der Waals surface area (Å²) in [5.74, 6) is -0.685. The maximum atomic E-state index is 11.9. The number of ether oxygens (including phenoxy) is 1. The van der Waals surface area contributed by atoms with Gasteiger partial charge in [-0.3, -0.25) is 9.59 Å². The molecule has 0 fully saturated rings. The third-order valence-electron chi connectivity index (χ3n) is 3.46. The number of carbonyl (C=O) groups is 3. The number of nitrogens with one attached hydrogen (secondary N) is 2. The van der Waals surface area contributed by atoms with Crippen LogP contribution in [0.4, 0.5) is 0 Å². The van der Waals surface area contributed by atoms with Crippen molar-refractivity contribution >= 4 is 17.8 Å². The molecule has 0 aromatic heterocycles. The third-order valence-corrected chi connectivity index (χ3v) is 3.46. The first-order valence-electron chi connectivity index (χ1n) is 8.67. The van der Waals surface area contributed by atoms with E-state index in [0.717, 1.165) is 5.56 Å². The van der Waals surface area contributed by atoms with Crippen molar-refractivity contribution in [2.45, 2.75) is 65.1 Å². The van der Waals surface area contributed by atoms with E-state index in [0.29, 0.717) is 19.3 Å². The van der Waals surface area contributed by atoms with Crippen LogP contribution in [0.15, 0.2) is 30.3 Å². The molecule has 138 valence electrons. The van der Waals surface area contributed by atoms with Gasteiger partial charge in [-0.15, -0.1) is 0 Å². The molecular weight excluding hydrogens is 320 g/mol. The fourth-order valence-electron chi connectivity index (χ4n) is 2.19. The molecule has 0 saturated carbocycles. The van der Waals surface area contributed by atoms with Gasteiger partial charge in [-0.05, 0) is 39.2 Å². The van der Waals surface area contributed by atoms with Crippen molar-refractivity contribution in [2.75, 3.05) is 0 Å². The molecule has 0 spiro atoms. The lowest BCUT2D eigenvalue weighted by molar-refractivity contribution is -0.148. The number of carbonyl (C=O) groups excluding carboxylic acids is 3. The van der Waals surface area contributed by atoms with Crippen LogP contribution in [0.3, 0.4) is 0 Å². The first-order chi connectivity index (χ1) is 11.9. The van der Waals surface area contributed by atoms with E-state index in [1.807, 2.05) is 44.2 Å². The van der Waals surface area contributed by atoms with Crippen molar-refractivity contribution in [1.29, 1.82) is 0 Å². The molecule has 6 nitrogen and oxygen atoms in total. The molecule has 0 aliphatic carbocycles. The maximum absolute atomic E-state index is 11.9. The summed E-state index contributed by atoms with van der Waals surface area (Å²) < 4.78 is 5.18. The molecule has 1 atom stereocenters. The third kappa shape index (κ3) is 9.49. The van der Waals surface area contributed by atoms with E-state index in [-0.39, 0.29) is 30.9 Å². The van der Waals surface area contributed by atoms with Crippen LogP contribution in [0, 0.1) is 0 Å². The Bertz CT molecular complexity index is 558. The summed E-state index contributed by atoms with van der Waals surface area (Å²) in [6, 6.07) is 8.79. The van der Waals surface area contributed by atoms with Crippen LogP contribution < -0.4 is 10.6 Å². The Morgan fingerprint density at radius 3 is 2.04 bits per heavy atom. The number of esters is 1. The van der Waals surface area contributed by atoms with Gasteiger partial charge in [0.1, 0.15) is 12.6 Å². The van der Waals surface area contributed by atoms with E-state index < -0.39 is 12.0 Å². The predicted molar refractivity (Wildman–Crippen MR) is 95.6 cm³/mol. The molecule has 1 unspecified atom stereocenters. The number of hydrogen-bond donors (Lipinski definition) is 2. The monoisotopic (exact) mass is 348 g/mol. The van der Waals surface area contributed by atoms with Crippen LogP contribution in [-0.4, -0.2) is 29.9 Å². The molecule has 2 amide bonds. The van der Waals surface area contributed by atoms with Crippen molar-refractivity contribution in [3.05, 3.63) is 35.9 Å². The summed E-state index contributed by atoms with van der Waals surface area (Å²) in [5, 5.41) is 5.43. The molecule has 1 aromatic carbocycles. The summed E-state index contributed by atoms with van der Waals surface area (Å²) in [4.78, 5) is 35.2. The molecule has 2 N–H and O–H groups in total. The second-order valence-electron chi connectivity index (χ2n) is 6.31. The number of unbranched alkanes of at least 4 members (excludes halogenated alkanes) is 1. The van der Waals surface area contributed by atoms with Gasteiger partial charge in [-0.2, -0.15) is 0 Å². The summed E-state index contributed by atoms with van der Waals surface area (Å²) in [5.41, 5.74) is 0.897. The van der Waals surface area contributed by atoms with Crippen molar-refractivity contribution < 1.29 is 19.1 Å². The van der Waals surface area contributed by atoms with Gasteiger partial charge in [0.15, 0.2) is 0 Å². The van der Waals surface area contributed by atoms with Crippen LogP contribution in [0.1, 0.15) is 52.0 Å². The number of benzene rings is 1. The van der Waals surface area contributed by atoms with Crippen LogP contribution in [-0.2, 0) is 25.7 Å². The highest BCUT2D eigenvalue weighted by molar-refractivity contribution is 5.84. The highest BCUT2D eigenvalue weighted by Crippen LogP contribution is 2.03. The molecular formula is C19H28N2O4. The van der Waals surface area contributed by atoms with Crippen LogP contribution in [0.25, 0.3) is 0 Å². The Hall–Kier alpha value is -2.37. The molecule has 6 heteroatoms. The smallest absolute Gasteiger partial charge is 0.328 e. The van der Waals surface area contributed by atoms with E-state index in [1.165, 1.54) is 0 Å². The minimum atomic E-state index is -0.694. The second-order valence-corrected chi connectivity index (χ2v) is 6.31. The molecule has 1 rings (SSSR count). The zero-order valence-corrected chi connectivity index (χ0v) is 15.2. The fraction of sp³-hybridized carbons (Fsp3) is 0.526. The largest absolute Gasteiger partial charge is 0.459 e. The van der Waals surface area contributed by atoms with Gasteiger partial charge < -0.3 is 15.4 Å². The van der Waals surface area contributed by atoms with Crippen molar-refractivity contribution in [1.82, 2.24) is 10.6 Å². The molecule has 0 bridgehead atoms. The highest BCUT2D eigenvalue weighted by atomic mass is 16.5. The van der Waals surface area contributed by atoms with Crippen LogP contribution in [0.2, 0.25) is 0 Å². The second kappa shape index (κ2) is 11.2. The van der Waals surface area contributed by atoms with Crippen molar-refractivity contribution in [2.24, 2.45) is 0 Å². The van der Waals surface area contributed by atoms with Gasteiger partial charge in [0.25, 0.3) is 0 Å². The lowest BCUT2D eigenvalue weighted by Crippen LogP contribution is -2.39. The van der Waals surface area contributed by atoms with Crippen LogP contribution >= 0.6 is 0 Å². The zero-order valence-electron chi connectivity index (χ0n) is 15.2. The fourth-order valence-corrected chi connectivity index (χ4v) is 2.19. The Morgan fingerprint density at radius 2 is 1.48 bits per heavy atom. The van der Waals surface area contributed by atoms with Crippen molar-refractivity contribution in [3.63, 3.8) is 0 Å². The summed E-state index contributed by atoms with van der Waals surface area (Å²) in [6.45, 7) is 5.60. The molecule has 0 radical (unpaired) electrons. The summed E-state index contributed by atoms with van der Waals surface area (Å²) >= 11 is 0. The maximum Gasteiger partial charge on any atom is 0.328 e. The Balaban J connectivity index is 2.18. The molecule has 1 aromatic rings. The Kier molecular flexibility index (Phi) is 9.29. The van der Waals surface area contributed by atoms with Gasteiger partial charge in [0, 0.05) is 18.9 Å². The van der Waals surface area contributed by atoms with Crippen molar-refractivity contribution in [3.8, 4) is 0 Å². The molecule has 0 aliphatic rings. The lowest BCUT2D eigenvalue weighted by Gasteiger charge is -2.13. The predicted octanol–water partition coefficient (Wildman–Crippen LogP) is 2.32. The quantitative estimate of drug-likeness (QED) is 0.502. The van der Waals surface area contributed by atoms with Crippen LogP contribution in [0.5, 0.6) is 0 Å². The number of hydrogen-bond acceptors (Lipinski definition) is 4. The summed E-state index contributed by atoms with van der Waals surface area (Å²) in [6.07, 6.45) is 1.92. The first kappa shape index (κ1) is 20.7. The number of amides is 2. The van der Waals surface area contributed by atoms with E-state index >= 15 is 0 Å². The Labute approximate surface area is 149 Å². The van der Waals surface area contributed by atoms with Gasteiger partial charge in [0.05, 0.1) is 0 Å². The van der Waals surface area contributed by atoms with Gasteiger partial charge in [0.2, 0.25) is 11.8 Å². The normalized spacial score (nSPS) is 11.7. The molecule has 0 saturated heterocycles. The van der Waals surface area contributed by atoms with Gasteiger partial charge >= 0.3 is 5.97 Å². The minimum Gasteiger partial charge on any atom is -0.459 e. The Morgan fingerprint density at radius 1 is 0.920 bits per heavy atom. The average molecular weight is 348 g/mol. The molecule has 0 aliphatic heterocycles.